The highest BCUT2D eigenvalue weighted by molar-refractivity contribution is 5.52. The van der Waals surface area contributed by atoms with Crippen LogP contribution < -0.4 is 16.2 Å². The Hall–Kier alpha value is -1.21. The molecule has 3 unspecified atom stereocenters. The molecule has 0 aromatic carbocycles. The van der Waals surface area contributed by atoms with Crippen molar-refractivity contribution in [3.05, 3.63) is 24.8 Å². The standard InChI is InChI=1S/C26H49N5O/c1-2-3-4-5-6-7-8-9-10-11-12-13-18-26(32)19-17-25-30(22-16-23-31(25)26)21-15-14-20-28-24-29-27/h2,17,19,24-25,32H,1,3-16,18,20-23,27H2,(H,28,29)/p+1. The van der Waals surface area contributed by atoms with Crippen molar-refractivity contribution in [1.29, 1.82) is 0 Å². The van der Waals surface area contributed by atoms with E-state index in [4.69, 9.17) is 5.84 Å². The number of hydrogen-bond donors (Lipinski definition) is 4. The first-order valence-electron chi connectivity index (χ1n) is 13.3. The summed E-state index contributed by atoms with van der Waals surface area (Å²) in [6.45, 7) is 7.96. The van der Waals surface area contributed by atoms with Gasteiger partial charge in [-0.3, -0.25) is 4.99 Å². The van der Waals surface area contributed by atoms with Gasteiger partial charge < -0.3 is 15.4 Å². The molecule has 0 aromatic rings. The molecule has 6 nitrogen and oxygen atoms in total. The van der Waals surface area contributed by atoms with Crippen molar-refractivity contribution in [2.45, 2.75) is 108 Å². The molecule has 5 N–H and O–H groups in total. The van der Waals surface area contributed by atoms with Crippen molar-refractivity contribution in [3.63, 3.8) is 0 Å². The summed E-state index contributed by atoms with van der Waals surface area (Å²) in [7, 11) is 0. The highest BCUT2D eigenvalue weighted by Crippen LogP contribution is 2.30. The van der Waals surface area contributed by atoms with Gasteiger partial charge in [0.05, 0.1) is 19.4 Å². The summed E-state index contributed by atoms with van der Waals surface area (Å²) in [5, 5.41) is 11.3. The zero-order valence-corrected chi connectivity index (χ0v) is 20.4. The molecular weight excluding hydrogens is 398 g/mol. The first-order chi connectivity index (χ1) is 15.7. The van der Waals surface area contributed by atoms with Crippen LogP contribution in [0.5, 0.6) is 0 Å². The summed E-state index contributed by atoms with van der Waals surface area (Å²) in [5.74, 6) is 5.19. The number of allylic oxidation sites excluding steroid dienone is 1. The average Bonchev–Trinajstić information content (AvgIpc) is 3.14. The van der Waals surface area contributed by atoms with Crippen LogP contribution >= 0.6 is 0 Å². The molecule has 0 aliphatic carbocycles. The van der Waals surface area contributed by atoms with Crippen LogP contribution in [-0.2, 0) is 0 Å². The normalized spacial score (nSPS) is 25.4. The first-order valence-corrected chi connectivity index (χ1v) is 13.3. The Bertz CT molecular complexity index is 552. The van der Waals surface area contributed by atoms with Gasteiger partial charge in [0.15, 0.2) is 6.17 Å². The number of aliphatic imine (C=N–C) groups is 1. The second kappa shape index (κ2) is 16.4. The third kappa shape index (κ3) is 9.74. The van der Waals surface area contributed by atoms with E-state index in [9.17, 15) is 5.11 Å². The number of nitrogens with zero attached hydrogens (tertiary/aromatic N) is 2. The molecule has 0 spiro atoms. The van der Waals surface area contributed by atoms with Gasteiger partial charge >= 0.3 is 0 Å². The fraction of sp³-hybridized carbons (Fsp3) is 0.808. The molecule has 3 atom stereocenters. The van der Waals surface area contributed by atoms with Gasteiger partial charge in [-0.25, -0.2) is 10.7 Å². The molecule has 32 heavy (non-hydrogen) atoms. The number of nitrogens with one attached hydrogen (secondary N) is 2. The highest BCUT2D eigenvalue weighted by Gasteiger charge is 2.46. The van der Waals surface area contributed by atoms with Gasteiger partial charge in [0.25, 0.3) is 0 Å². The zero-order valence-electron chi connectivity index (χ0n) is 20.4. The number of nitrogens with two attached hydrogens (primary N) is 1. The lowest BCUT2D eigenvalue weighted by molar-refractivity contribution is -0.937. The predicted octanol–water partition coefficient (Wildman–Crippen LogP) is 3.30. The van der Waals surface area contributed by atoms with Crippen molar-refractivity contribution >= 4 is 6.34 Å². The van der Waals surface area contributed by atoms with Crippen LogP contribution in [0.2, 0.25) is 0 Å². The second-order valence-corrected chi connectivity index (χ2v) is 9.66. The minimum absolute atomic E-state index is 0.342. The lowest BCUT2D eigenvalue weighted by Gasteiger charge is -2.42. The van der Waals surface area contributed by atoms with E-state index in [2.05, 4.69) is 34.0 Å². The van der Waals surface area contributed by atoms with Crippen LogP contribution in [0.1, 0.15) is 96.3 Å². The summed E-state index contributed by atoms with van der Waals surface area (Å²) in [4.78, 5) is 8.15. The molecule has 0 radical (unpaired) electrons. The summed E-state index contributed by atoms with van der Waals surface area (Å²) >= 11 is 0. The highest BCUT2D eigenvalue weighted by atomic mass is 16.3. The molecular formula is C26H50N5O+. The number of quaternary nitrogens is 1. The Morgan fingerprint density at radius 3 is 2.44 bits per heavy atom. The maximum Gasteiger partial charge on any atom is 0.165 e. The summed E-state index contributed by atoms with van der Waals surface area (Å²) in [6.07, 6.45) is 26.9. The van der Waals surface area contributed by atoms with Gasteiger partial charge in [0.1, 0.15) is 5.72 Å². The van der Waals surface area contributed by atoms with Gasteiger partial charge in [-0.2, -0.15) is 0 Å². The third-order valence-electron chi connectivity index (χ3n) is 7.10. The van der Waals surface area contributed by atoms with E-state index in [-0.39, 0.29) is 0 Å². The SMILES string of the molecule is C=CCCCCCCCCCCCCC1(O)C=CC2N1CCC[NH+]2CCCCN=CNN. The van der Waals surface area contributed by atoms with Gasteiger partial charge in [-0.15, -0.1) is 6.58 Å². The molecule has 1 fully saturated rings. The smallest absolute Gasteiger partial charge is 0.165 e. The Morgan fingerprint density at radius 2 is 1.75 bits per heavy atom. The summed E-state index contributed by atoms with van der Waals surface area (Å²) in [6, 6.07) is 0. The van der Waals surface area contributed by atoms with Gasteiger partial charge in [-0.05, 0) is 50.7 Å². The first kappa shape index (κ1) is 27.0. The number of rotatable bonds is 19. The van der Waals surface area contributed by atoms with Crippen LogP contribution in [0.15, 0.2) is 29.8 Å². The topological polar surface area (TPSA) is 78.3 Å². The second-order valence-electron chi connectivity index (χ2n) is 9.66. The molecule has 6 heteroatoms. The number of hydrogen-bond acceptors (Lipinski definition) is 4. The molecule has 184 valence electrons. The van der Waals surface area contributed by atoms with E-state index in [0.29, 0.717) is 6.17 Å². The van der Waals surface area contributed by atoms with E-state index >= 15 is 0 Å². The molecule has 2 heterocycles. The monoisotopic (exact) mass is 448 g/mol. The van der Waals surface area contributed by atoms with Crippen molar-refractivity contribution in [1.82, 2.24) is 10.3 Å². The molecule has 0 bridgehead atoms. The molecule has 2 rings (SSSR count). The van der Waals surface area contributed by atoms with Gasteiger partial charge in [0, 0.05) is 19.5 Å². The lowest BCUT2D eigenvalue weighted by Crippen LogP contribution is -3.18. The van der Waals surface area contributed by atoms with E-state index < -0.39 is 5.72 Å². The van der Waals surface area contributed by atoms with Crippen LogP contribution in [0.3, 0.4) is 0 Å². The molecule has 2 aliphatic heterocycles. The van der Waals surface area contributed by atoms with Crippen LogP contribution in [0.4, 0.5) is 0 Å². The lowest BCUT2D eigenvalue weighted by atomic mass is 10.0. The zero-order chi connectivity index (χ0) is 22.9. The Balaban J connectivity index is 1.55. The molecule has 1 saturated heterocycles. The third-order valence-corrected chi connectivity index (χ3v) is 7.10. The van der Waals surface area contributed by atoms with E-state index in [1.54, 1.807) is 11.2 Å². The quantitative estimate of drug-likeness (QED) is 0.0611. The molecule has 2 aliphatic rings. The largest absolute Gasteiger partial charge is 0.372 e. The summed E-state index contributed by atoms with van der Waals surface area (Å²) in [5.41, 5.74) is 1.72. The van der Waals surface area contributed by atoms with E-state index in [1.165, 1.54) is 77.2 Å². The van der Waals surface area contributed by atoms with E-state index in [0.717, 1.165) is 45.3 Å². The fourth-order valence-electron chi connectivity index (χ4n) is 5.26. The fourth-order valence-corrected chi connectivity index (χ4v) is 5.26. The minimum atomic E-state index is -0.723. The van der Waals surface area contributed by atoms with Crippen molar-refractivity contribution in [2.75, 3.05) is 26.2 Å². The summed E-state index contributed by atoms with van der Waals surface area (Å²) < 4.78 is 0. The maximum absolute atomic E-state index is 11.3. The molecule has 0 aromatic heterocycles. The predicted molar refractivity (Wildman–Crippen MR) is 135 cm³/mol. The van der Waals surface area contributed by atoms with Gasteiger partial charge in [-0.1, -0.05) is 57.4 Å². The molecule has 0 amide bonds. The molecule has 0 saturated carbocycles. The number of hydrazine groups is 1. The van der Waals surface area contributed by atoms with E-state index in [1.807, 2.05) is 6.08 Å². The minimum Gasteiger partial charge on any atom is -0.372 e. The van der Waals surface area contributed by atoms with Crippen LogP contribution in [-0.4, -0.2) is 54.4 Å². The van der Waals surface area contributed by atoms with Crippen molar-refractivity contribution in [2.24, 2.45) is 10.8 Å². The Morgan fingerprint density at radius 1 is 1.06 bits per heavy atom. The van der Waals surface area contributed by atoms with Crippen LogP contribution in [0.25, 0.3) is 0 Å². The van der Waals surface area contributed by atoms with Crippen molar-refractivity contribution < 1.29 is 10.0 Å². The number of fused-ring (bicyclic) bond motifs is 1. The Kier molecular flexibility index (Phi) is 13.9. The number of aliphatic hydroxyl groups is 1. The number of unbranched alkanes of at least 4 members (excludes halogenated alkanes) is 11. The van der Waals surface area contributed by atoms with Gasteiger partial charge in [0.2, 0.25) is 0 Å². The van der Waals surface area contributed by atoms with Crippen molar-refractivity contribution in [3.8, 4) is 0 Å². The average molecular weight is 449 g/mol. The maximum atomic E-state index is 11.3. The van der Waals surface area contributed by atoms with Crippen LogP contribution in [0, 0.1) is 0 Å². The Labute approximate surface area is 197 Å².